The van der Waals surface area contributed by atoms with E-state index in [0.29, 0.717) is 0 Å². The Morgan fingerprint density at radius 2 is 2.25 bits per heavy atom. The molecule has 0 aromatic carbocycles. The first-order valence-electron chi connectivity index (χ1n) is 3.25. The fourth-order valence-electron chi connectivity index (χ4n) is 0.356. The summed E-state index contributed by atoms with van der Waals surface area (Å²) in [6.07, 6.45) is -0.848. The predicted molar refractivity (Wildman–Crippen MR) is 39.7 cm³/mol. The van der Waals surface area contributed by atoms with Gasteiger partial charge in [-0.25, -0.2) is 9.59 Å². The molecule has 0 aliphatic heterocycles. The topological polar surface area (TPSA) is 72.8 Å². The van der Waals surface area contributed by atoms with E-state index in [1.807, 2.05) is 0 Å². The second-order valence-corrected chi connectivity index (χ2v) is 1.95. The quantitative estimate of drug-likeness (QED) is 0.504. The molecule has 0 bridgehead atoms. The van der Waals surface area contributed by atoms with Crippen molar-refractivity contribution >= 4 is 12.1 Å². The van der Waals surface area contributed by atoms with Gasteiger partial charge in [-0.05, 0) is 6.92 Å². The fourth-order valence-corrected chi connectivity index (χ4v) is 0.356. The molecule has 1 N–H and O–H groups in total. The normalized spacial score (nSPS) is 11.4. The number of hydrogen-bond donors (Lipinski definition) is 1. The monoisotopic (exact) mass is 174 g/mol. The van der Waals surface area contributed by atoms with Gasteiger partial charge in [0.25, 0.3) is 0 Å². The predicted octanol–water partition coefficient (Wildman–Crippen LogP) is 0.799. The molecule has 0 heterocycles. The number of hydrogen-bond acceptors (Lipinski definition) is 4. The maximum atomic E-state index is 10.6. The van der Waals surface area contributed by atoms with Crippen molar-refractivity contribution in [1.29, 1.82) is 0 Å². The van der Waals surface area contributed by atoms with Gasteiger partial charge >= 0.3 is 12.1 Å². The van der Waals surface area contributed by atoms with Crippen LogP contribution in [0.3, 0.4) is 0 Å². The summed E-state index contributed by atoms with van der Waals surface area (Å²) in [5, 5.41) is 8.30. The van der Waals surface area contributed by atoms with Crippen molar-refractivity contribution in [2.75, 3.05) is 6.61 Å². The van der Waals surface area contributed by atoms with Crippen LogP contribution in [0.15, 0.2) is 12.7 Å². The molecule has 1 unspecified atom stereocenters. The zero-order valence-corrected chi connectivity index (χ0v) is 6.65. The number of carbonyl (C=O) groups is 2. The Labute approximate surface area is 69.6 Å². The molecule has 0 fully saturated rings. The Morgan fingerprint density at radius 3 is 2.67 bits per heavy atom. The SMILES string of the molecule is C=CCOC(=O)OC(C)C(=O)O. The van der Waals surface area contributed by atoms with Crippen LogP contribution in [0.1, 0.15) is 6.92 Å². The summed E-state index contributed by atoms with van der Waals surface area (Å²) in [4.78, 5) is 20.7. The number of carboxylic acids is 1. The number of rotatable bonds is 4. The summed E-state index contributed by atoms with van der Waals surface area (Å²) in [5.41, 5.74) is 0. The standard InChI is InChI=1S/C7H10O5/c1-3-4-11-7(10)12-5(2)6(8)9/h3,5H,1,4H2,2H3,(H,8,9). The molecule has 0 radical (unpaired) electrons. The Balaban J connectivity index is 3.68. The van der Waals surface area contributed by atoms with Crippen LogP contribution in [0.2, 0.25) is 0 Å². The van der Waals surface area contributed by atoms with Gasteiger partial charge in [-0.3, -0.25) is 0 Å². The van der Waals surface area contributed by atoms with Crippen LogP contribution in [0.5, 0.6) is 0 Å². The van der Waals surface area contributed by atoms with E-state index in [4.69, 9.17) is 5.11 Å². The third-order valence-corrected chi connectivity index (χ3v) is 0.940. The van der Waals surface area contributed by atoms with Crippen LogP contribution < -0.4 is 0 Å². The first-order valence-corrected chi connectivity index (χ1v) is 3.25. The lowest BCUT2D eigenvalue weighted by atomic mass is 10.4. The maximum Gasteiger partial charge on any atom is 0.509 e. The molecular weight excluding hydrogens is 164 g/mol. The molecule has 0 amide bonds. The first-order chi connectivity index (χ1) is 5.57. The number of carbonyl (C=O) groups excluding carboxylic acids is 1. The van der Waals surface area contributed by atoms with E-state index in [2.05, 4.69) is 16.1 Å². The van der Waals surface area contributed by atoms with Gasteiger partial charge < -0.3 is 14.6 Å². The molecule has 0 aliphatic rings. The summed E-state index contributed by atoms with van der Waals surface area (Å²) in [7, 11) is 0. The molecule has 0 aliphatic carbocycles. The van der Waals surface area contributed by atoms with Gasteiger partial charge in [0.15, 0.2) is 6.10 Å². The third kappa shape index (κ3) is 4.32. The molecule has 0 aromatic rings. The van der Waals surface area contributed by atoms with Gasteiger partial charge in [-0.15, -0.1) is 0 Å². The van der Waals surface area contributed by atoms with Crippen molar-refractivity contribution < 1.29 is 24.2 Å². The summed E-state index contributed by atoms with van der Waals surface area (Å²) in [5.74, 6) is -1.22. The number of ether oxygens (including phenoxy) is 2. The fraction of sp³-hybridized carbons (Fsp3) is 0.429. The third-order valence-electron chi connectivity index (χ3n) is 0.940. The number of carboxylic acid groups (broad SMARTS) is 1. The van der Waals surface area contributed by atoms with E-state index in [1.165, 1.54) is 13.0 Å². The highest BCUT2D eigenvalue weighted by atomic mass is 16.7. The zero-order valence-electron chi connectivity index (χ0n) is 6.65. The van der Waals surface area contributed by atoms with Crippen molar-refractivity contribution in [3.05, 3.63) is 12.7 Å². The summed E-state index contributed by atoms with van der Waals surface area (Å²) < 4.78 is 8.67. The molecule has 0 saturated carbocycles. The lowest BCUT2D eigenvalue weighted by Crippen LogP contribution is -2.24. The van der Waals surface area contributed by atoms with Gasteiger partial charge in [0.1, 0.15) is 6.61 Å². The molecule has 68 valence electrons. The average Bonchev–Trinajstić information content (AvgIpc) is 2.00. The maximum absolute atomic E-state index is 10.6. The molecule has 0 rings (SSSR count). The first kappa shape index (κ1) is 10.5. The minimum absolute atomic E-state index is 0.00513. The highest BCUT2D eigenvalue weighted by molar-refractivity contribution is 5.75. The van der Waals surface area contributed by atoms with E-state index in [9.17, 15) is 9.59 Å². The largest absolute Gasteiger partial charge is 0.509 e. The molecule has 12 heavy (non-hydrogen) atoms. The van der Waals surface area contributed by atoms with Crippen molar-refractivity contribution in [3.8, 4) is 0 Å². The average molecular weight is 174 g/mol. The smallest absolute Gasteiger partial charge is 0.479 e. The molecule has 5 heteroatoms. The molecule has 1 atom stereocenters. The molecule has 0 saturated heterocycles. The van der Waals surface area contributed by atoms with Crippen LogP contribution in [-0.4, -0.2) is 29.9 Å². The van der Waals surface area contributed by atoms with Crippen LogP contribution in [0.4, 0.5) is 4.79 Å². The lowest BCUT2D eigenvalue weighted by Gasteiger charge is -2.07. The van der Waals surface area contributed by atoms with Crippen molar-refractivity contribution in [3.63, 3.8) is 0 Å². The second kappa shape index (κ2) is 5.17. The van der Waals surface area contributed by atoms with Crippen LogP contribution >= 0.6 is 0 Å². The van der Waals surface area contributed by atoms with Gasteiger partial charge in [-0.1, -0.05) is 12.7 Å². The summed E-state index contributed by atoms with van der Waals surface area (Å²) in [6.45, 7) is 4.54. The Morgan fingerprint density at radius 1 is 1.67 bits per heavy atom. The Hall–Kier alpha value is -1.52. The van der Waals surface area contributed by atoms with Gasteiger partial charge in [0.2, 0.25) is 0 Å². The minimum atomic E-state index is -1.22. The van der Waals surface area contributed by atoms with E-state index in [-0.39, 0.29) is 6.61 Å². The highest BCUT2D eigenvalue weighted by Crippen LogP contribution is 1.94. The summed E-state index contributed by atoms with van der Waals surface area (Å²) in [6, 6.07) is 0. The van der Waals surface area contributed by atoms with Crippen molar-refractivity contribution in [2.45, 2.75) is 13.0 Å². The van der Waals surface area contributed by atoms with Gasteiger partial charge in [0.05, 0.1) is 0 Å². The molecular formula is C7H10O5. The summed E-state index contributed by atoms with van der Waals surface area (Å²) >= 11 is 0. The van der Waals surface area contributed by atoms with E-state index < -0.39 is 18.2 Å². The molecule has 5 nitrogen and oxygen atoms in total. The highest BCUT2D eigenvalue weighted by Gasteiger charge is 2.16. The van der Waals surface area contributed by atoms with Crippen LogP contribution in [0, 0.1) is 0 Å². The molecule has 0 aromatic heterocycles. The van der Waals surface area contributed by atoms with E-state index in [1.54, 1.807) is 0 Å². The number of aliphatic carboxylic acids is 1. The van der Waals surface area contributed by atoms with Gasteiger partial charge in [0, 0.05) is 0 Å². The Bertz CT molecular complexity index is 186. The molecule has 0 spiro atoms. The Kier molecular flexibility index (Phi) is 4.52. The van der Waals surface area contributed by atoms with Crippen molar-refractivity contribution in [2.24, 2.45) is 0 Å². The second-order valence-electron chi connectivity index (χ2n) is 1.95. The van der Waals surface area contributed by atoms with Gasteiger partial charge in [-0.2, -0.15) is 0 Å². The minimum Gasteiger partial charge on any atom is -0.479 e. The van der Waals surface area contributed by atoms with Crippen LogP contribution in [-0.2, 0) is 14.3 Å². The van der Waals surface area contributed by atoms with Crippen molar-refractivity contribution in [1.82, 2.24) is 0 Å². The lowest BCUT2D eigenvalue weighted by molar-refractivity contribution is -0.147. The zero-order chi connectivity index (χ0) is 9.56. The van der Waals surface area contributed by atoms with E-state index in [0.717, 1.165) is 0 Å². The van der Waals surface area contributed by atoms with Crippen LogP contribution in [0.25, 0.3) is 0 Å². The van der Waals surface area contributed by atoms with E-state index >= 15 is 0 Å².